The molecule has 0 saturated carbocycles. The van der Waals surface area contributed by atoms with Crippen LogP contribution in [-0.2, 0) is 20.1 Å². The van der Waals surface area contributed by atoms with Crippen LogP contribution in [0, 0.1) is 13.8 Å². The van der Waals surface area contributed by atoms with Crippen molar-refractivity contribution >= 4 is 34.4 Å². The van der Waals surface area contributed by atoms with E-state index in [0.29, 0.717) is 22.7 Å². The number of anilines is 2. The number of nitrogens with zero attached hydrogens (tertiary/aromatic N) is 4. The summed E-state index contributed by atoms with van der Waals surface area (Å²) in [6.07, 6.45) is 0.881. The quantitative estimate of drug-likeness (QED) is 0.487. The van der Waals surface area contributed by atoms with Crippen molar-refractivity contribution < 1.29 is 4.57 Å². The van der Waals surface area contributed by atoms with Crippen LogP contribution < -0.4 is 20.7 Å². The minimum Gasteiger partial charge on any atom is -0.267 e. The number of fused-ring (bicyclic) bond motifs is 3. The normalized spacial score (nSPS) is 13.6. The first-order valence-electron chi connectivity index (χ1n) is 10.7. The highest BCUT2D eigenvalue weighted by Gasteiger charge is 2.33. The Labute approximate surface area is 190 Å². The molecule has 1 aliphatic rings. The molecule has 1 aliphatic heterocycles. The highest BCUT2D eigenvalue weighted by atomic mass is 35.5. The smallest absolute Gasteiger partial charge is 0.267 e. The molecule has 0 spiro atoms. The molecule has 2 aromatic carbocycles. The molecule has 0 bridgehead atoms. The fourth-order valence-electron chi connectivity index (χ4n) is 4.49. The zero-order chi connectivity index (χ0) is 22.6. The lowest BCUT2D eigenvalue weighted by molar-refractivity contribution is -0.663. The van der Waals surface area contributed by atoms with E-state index in [0.717, 1.165) is 41.3 Å². The minimum absolute atomic E-state index is 0.246. The van der Waals surface area contributed by atoms with Gasteiger partial charge in [0.05, 0.1) is 19.6 Å². The van der Waals surface area contributed by atoms with Crippen molar-refractivity contribution in [3.8, 4) is 0 Å². The van der Waals surface area contributed by atoms with Crippen molar-refractivity contribution in [3.05, 3.63) is 85.0 Å². The van der Waals surface area contributed by atoms with Gasteiger partial charge in [-0.15, -0.1) is 0 Å². The van der Waals surface area contributed by atoms with Crippen LogP contribution in [0.5, 0.6) is 0 Å². The molecule has 32 heavy (non-hydrogen) atoms. The number of H-pyrrole nitrogens is 1. The van der Waals surface area contributed by atoms with E-state index in [1.165, 1.54) is 9.13 Å². The number of rotatable bonds is 3. The van der Waals surface area contributed by atoms with Gasteiger partial charge < -0.3 is 0 Å². The lowest BCUT2D eigenvalue weighted by atomic mass is 10.1. The number of imidazole rings is 1. The molecule has 2 aromatic heterocycles. The van der Waals surface area contributed by atoms with Crippen LogP contribution in [-0.4, -0.2) is 20.7 Å². The molecule has 0 unspecified atom stereocenters. The summed E-state index contributed by atoms with van der Waals surface area (Å²) in [5.41, 5.74) is 4.56. The average Bonchev–Trinajstić information content (AvgIpc) is 3.18. The second-order valence-electron chi connectivity index (χ2n) is 8.44. The molecule has 0 saturated heterocycles. The van der Waals surface area contributed by atoms with Gasteiger partial charge in [0.15, 0.2) is 0 Å². The van der Waals surface area contributed by atoms with E-state index in [1.807, 2.05) is 60.9 Å². The van der Waals surface area contributed by atoms with E-state index in [9.17, 15) is 9.59 Å². The Hall–Kier alpha value is -3.32. The van der Waals surface area contributed by atoms with Crippen molar-refractivity contribution in [3.63, 3.8) is 0 Å². The van der Waals surface area contributed by atoms with Crippen molar-refractivity contribution in [1.82, 2.24) is 14.1 Å². The first-order valence-corrected chi connectivity index (χ1v) is 11.1. The molecule has 0 fully saturated rings. The van der Waals surface area contributed by atoms with Crippen molar-refractivity contribution in [2.75, 3.05) is 11.4 Å². The van der Waals surface area contributed by atoms with E-state index in [2.05, 4.69) is 9.88 Å². The zero-order valence-electron chi connectivity index (χ0n) is 18.4. The molecular formula is C24H25ClN5O2+. The Balaban J connectivity index is 1.70. The van der Waals surface area contributed by atoms with Crippen molar-refractivity contribution in [2.45, 2.75) is 33.4 Å². The topological polar surface area (TPSA) is 66.9 Å². The molecule has 4 aromatic rings. The summed E-state index contributed by atoms with van der Waals surface area (Å²) >= 11 is 6.07. The largest absolute Gasteiger partial charge is 0.364 e. The first kappa shape index (κ1) is 20.6. The SMILES string of the molecule is Cc1ccc(C)c(Cn2c(=O)c3c([nH]c4[n+]3CCCN4c3ccc(Cl)cc3)n(C)c2=O)c1. The number of aryl methyl sites for hydroxylation is 4. The van der Waals surface area contributed by atoms with Gasteiger partial charge in [0.1, 0.15) is 5.69 Å². The van der Waals surface area contributed by atoms with Crippen LogP contribution in [0.3, 0.4) is 0 Å². The zero-order valence-corrected chi connectivity index (χ0v) is 19.1. The van der Waals surface area contributed by atoms with Crippen molar-refractivity contribution in [2.24, 2.45) is 7.05 Å². The molecule has 1 N–H and O–H groups in total. The maximum Gasteiger partial charge on any atom is 0.364 e. The summed E-state index contributed by atoms with van der Waals surface area (Å²) in [6, 6.07) is 13.7. The van der Waals surface area contributed by atoms with E-state index in [4.69, 9.17) is 11.6 Å². The van der Waals surface area contributed by atoms with E-state index < -0.39 is 0 Å². The maximum absolute atomic E-state index is 13.6. The second-order valence-corrected chi connectivity index (χ2v) is 8.88. The van der Waals surface area contributed by atoms with Crippen LogP contribution in [0.2, 0.25) is 5.02 Å². The summed E-state index contributed by atoms with van der Waals surface area (Å²) in [7, 11) is 1.71. The fourth-order valence-corrected chi connectivity index (χ4v) is 4.62. The number of aromatic nitrogens is 4. The minimum atomic E-state index is -0.333. The molecule has 0 atom stereocenters. The third kappa shape index (κ3) is 3.24. The number of nitrogens with one attached hydrogen (secondary N) is 1. The number of hydrogen-bond acceptors (Lipinski definition) is 3. The summed E-state index contributed by atoms with van der Waals surface area (Å²) in [6.45, 7) is 5.77. The van der Waals surface area contributed by atoms with Crippen molar-refractivity contribution in [1.29, 1.82) is 0 Å². The number of benzene rings is 2. The summed E-state index contributed by atoms with van der Waals surface area (Å²) in [5, 5.41) is 0.673. The van der Waals surface area contributed by atoms with E-state index in [1.54, 1.807) is 7.05 Å². The monoisotopic (exact) mass is 450 g/mol. The predicted octanol–water partition coefficient (Wildman–Crippen LogP) is 3.18. The van der Waals surface area contributed by atoms with Crippen LogP contribution >= 0.6 is 11.6 Å². The molecular weight excluding hydrogens is 426 g/mol. The highest BCUT2D eigenvalue weighted by Crippen LogP contribution is 2.27. The molecule has 7 nitrogen and oxygen atoms in total. The molecule has 0 aliphatic carbocycles. The first-order chi connectivity index (χ1) is 15.3. The Kier molecular flexibility index (Phi) is 4.93. The highest BCUT2D eigenvalue weighted by molar-refractivity contribution is 6.30. The van der Waals surface area contributed by atoms with Crippen LogP contribution in [0.1, 0.15) is 23.1 Å². The third-order valence-corrected chi connectivity index (χ3v) is 6.52. The van der Waals surface area contributed by atoms with Gasteiger partial charge >= 0.3 is 11.6 Å². The standard InChI is InChI=1S/C24H24ClN5O2/c1-15-5-6-16(2)17(13-15)14-30-22(31)20-21(27(3)24(30)32)26-23-28(11-4-12-29(20)23)19-9-7-18(25)8-10-19/h5-10,13H,4,11-12,14H2,1-3H3/p+1. The fraction of sp³-hybridized carbons (Fsp3) is 0.292. The lowest BCUT2D eigenvalue weighted by Gasteiger charge is -2.22. The Bertz CT molecular complexity index is 1460. The molecule has 3 heterocycles. The van der Waals surface area contributed by atoms with Crippen LogP contribution in [0.15, 0.2) is 52.1 Å². The number of aromatic amines is 1. The van der Waals surface area contributed by atoms with Gasteiger partial charge in [0.25, 0.3) is 5.56 Å². The van der Waals surface area contributed by atoms with Gasteiger partial charge in [-0.05, 0) is 49.2 Å². The predicted molar refractivity (Wildman–Crippen MR) is 126 cm³/mol. The maximum atomic E-state index is 13.6. The summed E-state index contributed by atoms with van der Waals surface area (Å²) < 4.78 is 4.87. The van der Waals surface area contributed by atoms with Gasteiger partial charge in [-0.2, -0.15) is 0 Å². The Morgan fingerprint density at radius 3 is 2.59 bits per heavy atom. The van der Waals surface area contributed by atoms with Gasteiger partial charge in [-0.25, -0.2) is 19.2 Å². The Morgan fingerprint density at radius 1 is 1.09 bits per heavy atom. The van der Waals surface area contributed by atoms with Crippen LogP contribution in [0.4, 0.5) is 11.6 Å². The lowest BCUT2D eigenvalue weighted by Crippen LogP contribution is -2.49. The van der Waals surface area contributed by atoms with Gasteiger partial charge in [0, 0.05) is 18.5 Å². The van der Waals surface area contributed by atoms with Gasteiger partial charge in [-0.1, -0.05) is 35.4 Å². The number of halogens is 1. The Morgan fingerprint density at radius 2 is 1.84 bits per heavy atom. The van der Waals surface area contributed by atoms with E-state index in [-0.39, 0.29) is 17.8 Å². The van der Waals surface area contributed by atoms with Gasteiger partial charge in [-0.3, -0.25) is 13.9 Å². The van der Waals surface area contributed by atoms with Crippen LogP contribution in [0.25, 0.3) is 11.2 Å². The third-order valence-electron chi connectivity index (χ3n) is 6.27. The van der Waals surface area contributed by atoms with E-state index >= 15 is 0 Å². The average molecular weight is 451 g/mol. The number of hydrogen-bond donors (Lipinski definition) is 1. The van der Waals surface area contributed by atoms with Gasteiger partial charge in [0.2, 0.25) is 11.2 Å². The summed E-state index contributed by atoms with van der Waals surface area (Å²) in [4.78, 5) is 32.2. The molecule has 5 rings (SSSR count). The molecule has 164 valence electrons. The molecule has 8 heteroatoms. The molecule has 0 amide bonds. The molecule has 0 radical (unpaired) electrons. The second kappa shape index (κ2) is 7.67. The summed E-state index contributed by atoms with van der Waals surface area (Å²) in [5.74, 6) is 0.796.